The number of hydrogen-bond donors (Lipinski definition) is 1. The topological polar surface area (TPSA) is 66.5 Å². The molecule has 0 heterocycles. The van der Waals surface area contributed by atoms with Gasteiger partial charge in [-0.1, -0.05) is 29.8 Å². The minimum Gasteiger partial charge on any atom is -0.352 e. The zero-order valence-electron chi connectivity index (χ0n) is 16.0. The molecule has 0 radical (unpaired) electrons. The number of benzene rings is 1. The summed E-state index contributed by atoms with van der Waals surface area (Å²) in [6.45, 7) is 4.74. The van der Waals surface area contributed by atoms with Crippen molar-refractivity contribution in [2.45, 2.75) is 52.4 Å². The third kappa shape index (κ3) is 5.87. The van der Waals surface area contributed by atoms with Crippen LogP contribution in [0.4, 0.5) is 5.69 Å². The Kier molecular flexibility index (Phi) is 7.26. The van der Waals surface area contributed by atoms with E-state index < -0.39 is 10.0 Å². The monoisotopic (exact) mass is 378 g/mol. The number of aryl methyl sites for hydroxylation is 2. The average molecular weight is 379 g/mol. The Hall–Kier alpha value is -1.82. The van der Waals surface area contributed by atoms with Gasteiger partial charge in [0.2, 0.25) is 15.9 Å². The first-order chi connectivity index (χ1) is 12.3. The van der Waals surface area contributed by atoms with E-state index in [-0.39, 0.29) is 5.91 Å². The number of carbonyl (C=O) groups excluding carboxylic acids is 1. The first-order valence-electron chi connectivity index (χ1n) is 9.27. The molecule has 1 N–H and O–H groups in total. The second-order valence-corrected chi connectivity index (χ2v) is 8.97. The highest BCUT2D eigenvalue weighted by molar-refractivity contribution is 7.92. The maximum Gasteiger partial charge on any atom is 0.232 e. The third-order valence-electron chi connectivity index (χ3n) is 4.75. The number of hydrogen-bond acceptors (Lipinski definition) is 3. The lowest BCUT2D eigenvalue weighted by Crippen LogP contribution is -2.33. The Labute approximate surface area is 157 Å². The van der Waals surface area contributed by atoms with Crippen LogP contribution in [-0.4, -0.2) is 33.7 Å². The second kappa shape index (κ2) is 9.21. The van der Waals surface area contributed by atoms with E-state index in [4.69, 9.17) is 0 Å². The minimum absolute atomic E-state index is 0.0218. The van der Waals surface area contributed by atoms with Gasteiger partial charge in [0.05, 0.1) is 11.9 Å². The number of para-hydroxylation sites is 1. The van der Waals surface area contributed by atoms with Crippen molar-refractivity contribution < 1.29 is 13.2 Å². The number of sulfonamides is 1. The molecule has 26 heavy (non-hydrogen) atoms. The van der Waals surface area contributed by atoms with Gasteiger partial charge in [-0.3, -0.25) is 9.10 Å². The van der Waals surface area contributed by atoms with Crippen LogP contribution in [-0.2, 0) is 14.8 Å². The van der Waals surface area contributed by atoms with Gasteiger partial charge in [-0.25, -0.2) is 8.42 Å². The molecule has 0 unspecified atom stereocenters. The fraction of sp³-hybridized carbons (Fsp3) is 0.550. The smallest absolute Gasteiger partial charge is 0.232 e. The van der Waals surface area contributed by atoms with Crippen LogP contribution < -0.4 is 9.62 Å². The summed E-state index contributed by atoms with van der Waals surface area (Å²) in [5.41, 5.74) is 3.87. The van der Waals surface area contributed by atoms with Gasteiger partial charge in [0, 0.05) is 19.5 Å². The molecular formula is C20H30N2O3S. The standard InChI is InChI=1S/C20H30N2O3S/c1-16-9-7-10-17(2)20(16)22(26(3,24)25)14-8-13-19(23)21-15-18-11-5-4-6-12-18/h7,9-11H,4-6,8,12-15H2,1-3H3,(H,21,23). The van der Waals surface area contributed by atoms with Crippen LogP contribution in [0.1, 0.15) is 49.7 Å². The predicted molar refractivity (Wildman–Crippen MR) is 107 cm³/mol. The lowest BCUT2D eigenvalue weighted by atomic mass is 10.00. The number of anilines is 1. The highest BCUT2D eigenvalue weighted by Gasteiger charge is 2.21. The van der Waals surface area contributed by atoms with E-state index in [1.807, 2.05) is 32.0 Å². The molecule has 0 aliphatic heterocycles. The van der Waals surface area contributed by atoms with Gasteiger partial charge in [0.15, 0.2) is 0 Å². The molecule has 0 saturated carbocycles. The highest BCUT2D eigenvalue weighted by Crippen LogP contribution is 2.27. The van der Waals surface area contributed by atoms with Gasteiger partial charge in [-0.2, -0.15) is 0 Å². The zero-order valence-corrected chi connectivity index (χ0v) is 16.9. The summed E-state index contributed by atoms with van der Waals surface area (Å²) in [6, 6.07) is 5.73. The molecule has 0 bridgehead atoms. The number of carbonyl (C=O) groups is 1. The van der Waals surface area contributed by atoms with Crippen molar-refractivity contribution >= 4 is 21.6 Å². The second-order valence-electron chi connectivity index (χ2n) is 7.06. The maximum absolute atomic E-state index is 12.3. The molecule has 0 fully saturated rings. The average Bonchev–Trinajstić information content (AvgIpc) is 2.58. The van der Waals surface area contributed by atoms with E-state index >= 15 is 0 Å². The quantitative estimate of drug-likeness (QED) is 0.705. The van der Waals surface area contributed by atoms with Crippen molar-refractivity contribution in [2.24, 2.45) is 0 Å². The van der Waals surface area contributed by atoms with E-state index in [1.54, 1.807) is 0 Å². The van der Waals surface area contributed by atoms with Crippen LogP contribution >= 0.6 is 0 Å². The van der Waals surface area contributed by atoms with Crippen molar-refractivity contribution in [2.75, 3.05) is 23.7 Å². The molecule has 5 nitrogen and oxygen atoms in total. The molecular weight excluding hydrogens is 348 g/mol. The first-order valence-corrected chi connectivity index (χ1v) is 11.1. The van der Waals surface area contributed by atoms with Gasteiger partial charge in [-0.15, -0.1) is 0 Å². The Balaban J connectivity index is 1.92. The summed E-state index contributed by atoms with van der Waals surface area (Å²) in [5, 5.41) is 2.95. The van der Waals surface area contributed by atoms with Crippen molar-refractivity contribution in [3.63, 3.8) is 0 Å². The van der Waals surface area contributed by atoms with Gasteiger partial charge >= 0.3 is 0 Å². The number of nitrogens with zero attached hydrogens (tertiary/aromatic N) is 1. The Morgan fingerprint density at radius 1 is 1.19 bits per heavy atom. The van der Waals surface area contributed by atoms with Gasteiger partial charge in [0.25, 0.3) is 0 Å². The lowest BCUT2D eigenvalue weighted by Gasteiger charge is -2.26. The van der Waals surface area contributed by atoms with Crippen LogP contribution in [0.2, 0.25) is 0 Å². The minimum atomic E-state index is -3.40. The van der Waals surface area contributed by atoms with Gasteiger partial charge in [-0.05, 0) is 57.1 Å². The fourth-order valence-electron chi connectivity index (χ4n) is 3.39. The van der Waals surface area contributed by atoms with Crippen molar-refractivity contribution in [1.82, 2.24) is 5.32 Å². The summed E-state index contributed by atoms with van der Waals surface area (Å²) < 4.78 is 25.9. The van der Waals surface area contributed by atoms with Gasteiger partial charge in [0.1, 0.15) is 0 Å². The number of rotatable bonds is 8. The Morgan fingerprint density at radius 3 is 2.46 bits per heavy atom. The molecule has 1 aliphatic carbocycles. The van der Waals surface area contributed by atoms with Crippen molar-refractivity contribution in [1.29, 1.82) is 0 Å². The SMILES string of the molecule is Cc1cccc(C)c1N(CCCC(=O)NCC1=CCCCC1)S(C)(=O)=O. The molecule has 1 aromatic carbocycles. The summed E-state index contributed by atoms with van der Waals surface area (Å²) in [6.07, 6.45) is 8.84. The largest absolute Gasteiger partial charge is 0.352 e. The van der Waals surface area contributed by atoms with Crippen LogP contribution in [0.3, 0.4) is 0 Å². The summed E-state index contributed by atoms with van der Waals surface area (Å²) in [4.78, 5) is 12.1. The van der Waals surface area contributed by atoms with E-state index in [2.05, 4.69) is 11.4 Å². The molecule has 0 saturated heterocycles. The normalized spacial score (nSPS) is 14.7. The Morgan fingerprint density at radius 2 is 1.88 bits per heavy atom. The first kappa shape index (κ1) is 20.5. The summed E-state index contributed by atoms with van der Waals surface area (Å²) in [7, 11) is -3.40. The van der Waals surface area contributed by atoms with E-state index in [9.17, 15) is 13.2 Å². The van der Waals surface area contributed by atoms with Gasteiger partial charge < -0.3 is 5.32 Å². The molecule has 1 aliphatic rings. The third-order valence-corrected chi connectivity index (χ3v) is 5.92. The van der Waals surface area contributed by atoms with E-state index in [0.717, 1.165) is 29.7 Å². The zero-order chi connectivity index (χ0) is 19.2. The van der Waals surface area contributed by atoms with Crippen LogP contribution in [0, 0.1) is 13.8 Å². The number of nitrogens with one attached hydrogen (secondary N) is 1. The molecule has 6 heteroatoms. The van der Waals surface area contributed by atoms with Crippen molar-refractivity contribution in [3.05, 3.63) is 41.0 Å². The molecule has 0 atom stereocenters. The maximum atomic E-state index is 12.3. The highest BCUT2D eigenvalue weighted by atomic mass is 32.2. The molecule has 1 aromatic rings. The summed E-state index contributed by atoms with van der Waals surface area (Å²) >= 11 is 0. The van der Waals surface area contributed by atoms with Crippen LogP contribution in [0.5, 0.6) is 0 Å². The van der Waals surface area contributed by atoms with Crippen LogP contribution in [0.25, 0.3) is 0 Å². The summed E-state index contributed by atoms with van der Waals surface area (Å²) in [5.74, 6) is -0.0218. The van der Waals surface area contributed by atoms with Crippen molar-refractivity contribution in [3.8, 4) is 0 Å². The molecule has 144 valence electrons. The lowest BCUT2D eigenvalue weighted by molar-refractivity contribution is -0.120. The van der Waals surface area contributed by atoms with Crippen LogP contribution in [0.15, 0.2) is 29.8 Å². The number of allylic oxidation sites excluding steroid dienone is 1. The predicted octanol–water partition coefficient (Wildman–Crippen LogP) is 3.47. The molecule has 1 amide bonds. The molecule has 0 aromatic heterocycles. The number of amides is 1. The van der Waals surface area contributed by atoms with E-state index in [0.29, 0.717) is 25.9 Å². The molecule has 2 rings (SSSR count). The molecule has 0 spiro atoms. The van der Waals surface area contributed by atoms with E-state index in [1.165, 1.54) is 29.0 Å². The fourth-order valence-corrected chi connectivity index (χ4v) is 4.47. The Bertz CT molecular complexity index is 749.